The Hall–Kier alpha value is -2.05. The first-order chi connectivity index (χ1) is 9.09. The third kappa shape index (κ3) is 3.72. The molecule has 7 nitrogen and oxygen atoms in total. The Morgan fingerprint density at radius 1 is 1.50 bits per heavy atom. The normalized spacial score (nSPS) is 11.9. The molecule has 1 aromatic carbocycles. The van der Waals surface area contributed by atoms with E-state index in [1.807, 2.05) is 6.07 Å². The van der Waals surface area contributed by atoms with Crippen molar-refractivity contribution in [1.82, 2.24) is 4.72 Å². The number of rotatable bonds is 5. The van der Waals surface area contributed by atoms with Gasteiger partial charge < -0.3 is 0 Å². The van der Waals surface area contributed by atoms with Crippen LogP contribution in [0.4, 0.5) is 10.1 Å². The minimum atomic E-state index is -4.03. The lowest BCUT2D eigenvalue weighted by Crippen LogP contribution is -2.33. The number of nitro benzene ring substituents is 1. The van der Waals surface area contributed by atoms with E-state index in [9.17, 15) is 22.9 Å². The summed E-state index contributed by atoms with van der Waals surface area (Å²) in [7, 11) is -4.03. The predicted octanol–water partition coefficient (Wildman–Crippen LogP) is 1.56. The van der Waals surface area contributed by atoms with Crippen LogP contribution in [0.25, 0.3) is 0 Å². The minimum Gasteiger partial charge on any atom is -0.258 e. The lowest BCUT2D eigenvalue weighted by molar-refractivity contribution is -0.387. The summed E-state index contributed by atoms with van der Waals surface area (Å²) in [5.41, 5.74) is -1.73. The zero-order valence-corrected chi connectivity index (χ0v) is 11.6. The Morgan fingerprint density at radius 3 is 2.55 bits per heavy atom. The summed E-state index contributed by atoms with van der Waals surface area (Å²) in [4.78, 5) is 9.06. The summed E-state index contributed by atoms with van der Waals surface area (Å²) >= 11 is 0. The highest BCUT2D eigenvalue weighted by atomic mass is 32.2. The highest BCUT2D eigenvalue weighted by Crippen LogP contribution is 2.21. The van der Waals surface area contributed by atoms with E-state index < -0.39 is 36.8 Å². The minimum absolute atomic E-state index is 0.162. The zero-order chi connectivity index (χ0) is 15.6. The fourth-order valence-corrected chi connectivity index (χ4v) is 2.42. The number of nitrogens with one attached hydrogen (secondary N) is 1. The summed E-state index contributed by atoms with van der Waals surface area (Å²) in [6.07, 6.45) is 0. The number of sulfonamides is 1. The van der Waals surface area contributed by atoms with Gasteiger partial charge in [-0.15, -0.1) is 0 Å². The van der Waals surface area contributed by atoms with Gasteiger partial charge in [0, 0.05) is 18.7 Å². The van der Waals surface area contributed by atoms with E-state index in [0.717, 1.165) is 12.1 Å². The van der Waals surface area contributed by atoms with Gasteiger partial charge in [-0.25, -0.2) is 13.1 Å². The highest BCUT2D eigenvalue weighted by Gasteiger charge is 2.24. The van der Waals surface area contributed by atoms with Gasteiger partial charge in [0.05, 0.1) is 21.3 Å². The summed E-state index contributed by atoms with van der Waals surface area (Å²) in [5.74, 6) is -1.24. The Labute approximate surface area is 115 Å². The molecular formula is C11H12FN3O4S. The number of halogens is 1. The van der Waals surface area contributed by atoms with Crippen molar-refractivity contribution in [2.45, 2.75) is 18.7 Å². The third-order valence-electron chi connectivity index (χ3n) is 2.43. The van der Waals surface area contributed by atoms with Crippen LogP contribution in [0.1, 0.15) is 13.8 Å². The van der Waals surface area contributed by atoms with Crippen molar-refractivity contribution in [2.24, 2.45) is 5.41 Å². The molecule has 1 aromatic rings. The molecule has 9 heteroatoms. The van der Waals surface area contributed by atoms with Crippen molar-refractivity contribution in [3.05, 3.63) is 34.1 Å². The Morgan fingerprint density at radius 2 is 2.10 bits per heavy atom. The van der Waals surface area contributed by atoms with Crippen molar-refractivity contribution in [1.29, 1.82) is 5.26 Å². The molecule has 108 valence electrons. The van der Waals surface area contributed by atoms with E-state index in [-0.39, 0.29) is 6.54 Å². The van der Waals surface area contributed by atoms with Crippen molar-refractivity contribution in [3.63, 3.8) is 0 Å². The summed E-state index contributed by atoms with van der Waals surface area (Å²) < 4.78 is 39.3. The fraction of sp³-hybridized carbons (Fsp3) is 0.364. The van der Waals surface area contributed by atoms with E-state index >= 15 is 0 Å². The zero-order valence-electron chi connectivity index (χ0n) is 10.8. The quantitative estimate of drug-likeness (QED) is 0.655. The second-order valence-corrected chi connectivity index (χ2v) is 6.46. The van der Waals surface area contributed by atoms with Crippen LogP contribution in [0.2, 0.25) is 0 Å². The van der Waals surface area contributed by atoms with Crippen molar-refractivity contribution >= 4 is 15.7 Å². The van der Waals surface area contributed by atoms with Gasteiger partial charge in [0.2, 0.25) is 15.8 Å². The predicted molar refractivity (Wildman–Crippen MR) is 67.6 cm³/mol. The second-order valence-electron chi connectivity index (χ2n) is 4.69. The van der Waals surface area contributed by atoms with Crippen LogP contribution in [-0.4, -0.2) is 19.9 Å². The van der Waals surface area contributed by atoms with Crippen molar-refractivity contribution in [2.75, 3.05) is 6.54 Å². The maximum absolute atomic E-state index is 13.4. The Balaban J connectivity index is 3.03. The van der Waals surface area contributed by atoms with E-state index in [1.54, 1.807) is 0 Å². The van der Waals surface area contributed by atoms with Crippen LogP contribution in [0.5, 0.6) is 0 Å². The van der Waals surface area contributed by atoms with E-state index in [2.05, 4.69) is 4.72 Å². The smallest absolute Gasteiger partial charge is 0.258 e. The molecule has 0 aliphatic carbocycles. The van der Waals surface area contributed by atoms with Gasteiger partial charge in [0.25, 0.3) is 0 Å². The fourth-order valence-electron chi connectivity index (χ4n) is 1.20. The molecule has 0 radical (unpaired) electrons. The van der Waals surface area contributed by atoms with Crippen LogP contribution in [0.15, 0.2) is 23.1 Å². The van der Waals surface area contributed by atoms with Crippen LogP contribution >= 0.6 is 0 Å². The Bertz CT molecular complexity index is 679. The molecule has 0 spiro atoms. The van der Waals surface area contributed by atoms with Gasteiger partial charge in [0.1, 0.15) is 0 Å². The van der Waals surface area contributed by atoms with Gasteiger partial charge in [-0.3, -0.25) is 10.1 Å². The molecule has 0 atom stereocenters. The van der Waals surface area contributed by atoms with E-state index in [1.165, 1.54) is 13.8 Å². The summed E-state index contributed by atoms with van der Waals surface area (Å²) in [6, 6.07) is 4.19. The second kappa shape index (κ2) is 5.52. The van der Waals surface area contributed by atoms with Crippen LogP contribution in [-0.2, 0) is 10.0 Å². The maximum Gasteiger partial charge on any atom is 0.304 e. The first-order valence-corrected chi connectivity index (χ1v) is 6.92. The topological polar surface area (TPSA) is 113 Å². The molecule has 0 bridgehead atoms. The monoisotopic (exact) mass is 301 g/mol. The molecule has 0 aliphatic heterocycles. The standard InChI is InChI=1S/C11H12FN3O4S/c1-11(2,6-13)7-14-20(18,19)8-3-4-10(15(16)17)9(12)5-8/h3-5,14H,7H2,1-2H3. The highest BCUT2D eigenvalue weighted by molar-refractivity contribution is 7.89. The number of hydrogen-bond acceptors (Lipinski definition) is 5. The van der Waals surface area contributed by atoms with Crippen molar-refractivity contribution in [3.8, 4) is 6.07 Å². The number of nitro groups is 1. The number of benzene rings is 1. The van der Waals surface area contributed by atoms with Crippen LogP contribution in [0.3, 0.4) is 0 Å². The SMILES string of the molecule is CC(C)(C#N)CNS(=O)(=O)c1ccc([N+](=O)[O-])c(F)c1. The molecule has 0 fully saturated rings. The van der Waals surface area contributed by atoms with Gasteiger partial charge in [-0.05, 0) is 19.9 Å². The largest absolute Gasteiger partial charge is 0.304 e. The van der Waals surface area contributed by atoms with Crippen LogP contribution in [0, 0.1) is 32.7 Å². The molecule has 0 saturated carbocycles. The third-order valence-corrected chi connectivity index (χ3v) is 3.83. The summed E-state index contributed by atoms with van der Waals surface area (Å²) in [6.45, 7) is 2.91. The number of nitriles is 1. The van der Waals surface area contributed by atoms with Gasteiger partial charge in [-0.2, -0.15) is 9.65 Å². The van der Waals surface area contributed by atoms with Gasteiger partial charge in [0.15, 0.2) is 0 Å². The molecule has 0 heterocycles. The first kappa shape index (κ1) is 16.0. The Kier molecular flexibility index (Phi) is 4.42. The molecule has 1 N–H and O–H groups in total. The molecule has 0 saturated heterocycles. The van der Waals surface area contributed by atoms with E-state index in [0.29, 0.717) is 6.07 Å². The molecule has 20 heavy (non-hydrogen) atoms. The number of nitrogens with zero attached hydrogens (tertiary/aromatic N) is 2. The lowest BCUT2D eigenvalue weighted by atomic mass is 9.97. The van der Waals surface area contributed by atoms with Crippen LogP contribution < -0.4 is 4.72 Å². The van der Waals surface area contributed by atoms with Crippen molar-refractivity contribution < 1.29 is 17.7 Å². The average Bonchev–Trinajstić information content (AvgIpc) is 2.36. The molecule has 0 unspecified atom stereocenters. The molecule has 1 rings (SSSR count). The molecule has 0 aliphatic rings. The first-order valence-electron chi connectivity index (χ1n) is 5.44. The van der Waals surface area contributed by atoms with E-state index in [4.69, 9.17) is 5.26 Å². The lowest BCUT2D eigenvalue weighted by Gasteiger charge is -2.15. The molecular weight excluding hydrogens is 289 g/mol. The summed E-state index contributed by atoms with van der Waals surface area (Å²) in [5, 5.41) is 19.2. The van der Waals surface area contributed by atoms with Gasteiger partial charge >= 0.3 is 5.69 Å². The average molecular weight is 301 g/mol. The molecule has 0 aromatic heterocycles. The maximum atomic E-state index is 13.4. The molecule has 0 amide bonds. The van der Waals surface area contributed by atoms with Gasteiger partial charge in [-0.1, -0.05) is 0 Å². The number of hydrogen-bond donors (Lipinski definition) is 1.